The zero-order chi connectivity index (χ0) is 15.1. The van der Waals surface area contributed by atoms with E-state index in [1.54, 1.807) is 13.1 Å². The van der Waals surface area contributed by atoms with E-state index >= 15 is 0 Å². The van der Waals surface area contributed by atoms with Crippen molar-refractivity contribution < 1.29 is 4.79 Å². The average Bonchev–Trinajstić information content (AvgIpc) is 2.42. The molecule has 0 saturated heterocycles. The second kappa shape index (κ2) is 7.85. The molecule has 0 aromatic carbocycles. The molecule has 5 nitrogen and oxygen atoms in total. The molecule has 0 unspecified atom stereocenters. The summed E-state index contributed by atoms with van der Waals surface area (Å²) >= 11 is 0. The highest BCUT2D eigenvalue weighted by atomic mass is 16.1. The normalized spacial score (nSPS) is 11.2. The highest BCUT2D eigenvalue weighted by Gasteiger charge is 2.13. The largest absolute Gasteiger partial charge is 0.373 e. The highest BCUT2D eigenvalue weighted by molar-refractivity contribution is 5.92. The van der Waals surface area contributed by atoms with Gasteiger partial charge in [0.05, 0.1) is 0 Å². The monoisotopic (exact) mass is 278 g/mol. The summed E-state index contributed by atoms with van der Waals surface area (Å²) in [5.41, 5.74) is 0.442. The maximum Gasteiger partial charge on any atom is 0.270 e. The van der Waals surface area contributed by atoms with Gasteiger partial charge in [-0.15, -0.1) is 0 Å². The van der Waals surface area contributed by atoms with Crippen LogP contribution in [0.25, 0.3) is 0 Å². The molecule has 1 heterocycles. The number of hydrogen-bond acceptors (Lipinski definition) is 4. The van der Waals surface area contributed by atoms with Gasteiger partial charge in [0.2, 0.25) is 0 Å². The Morgan fingerprint density at radius 2 is 1.90 bits per heavy atom. The standard InChI is InChI=1S/C15H26N4O/c1-11(2)19(12(3)4)10-9-17-15(20)13-7-6-8-14(16-5)18-13/h6-8,11-12H,9-10H2,1-5H3,(H,16,18)(H,17,20). The molecule has 0 fully saturated rings. The van der Waals surface area contributed by atoms with E-state index in [-0.39, 0.29) is 5.91 Å². The second-order valence-electron chi connectivity index (χ2n) is 5.34. The Hall–Kier alpha value is -1.62. The molecule has 1 amide bonds. The molecule has 1 aromatic rings. The lowest BCUT2D eigenvalue weighted by Gasteiger charge is -2.30. The fourth-order valence-electron chi connectivity index (χ4n) is 2.20. The first-order valence-corrected chi connectivity index (χ1v) is 7.14. The summed E-state index contributed by atoms with van der Waals surface area (Å²) in [6.07, 6.45) is 0. The van der Waals surface area contributed by atoms with Crippen molar-refractivity contribution in [3.63, 3.8) is 0 Å². The number of carbonyl (C=O) groups is 1. The molecule has 0 atom stereocenters. The summed E-state index contributed by atoms with van der Waals surface area (Å²) in [6, 6.07) is 6.31. The van der Waals surface area contributed by atoms with Gasteiger partial charge in [-0.25, -0.2) is 4.98 Å². The molecular weight excluding hydrogens is 252 g/mol. The third-order valence-electron chi connectivity index (χ3n) is 3.22. The maximum atomic E-state index is 12.0. The van der Waals surface area contributed by atoms with Crippen LogP contribution < -0.4 is 10.6 Å². The van der Waals surface area contributed by atoms with Gasteiger partial charge in [0.25, 0.3) is 5.91 Å². The lowest BCUT2D eigenvalue weighted by Crippen LogP contribution is -2.42. The van der Waals surface area contributed by atoms with Crippen molar-refractivity contribution in [2.24, 2.45) is 0 Å². The minimum Gasteiger partial charge on any atom is -0.373 e. The molecule has 20 heavy (non-hydrogen) atoms. The second-order valence-corrected chi connectivity index (χ2v) is 5.34. The van der Waals surface area contributed by atoms with Gasteiger partial charge in [-0.1, -0.05) is 6.07 Å². The van der Waals surface area contributed by atoms with E-state index in [4.69, 9.17) is 0 Å². The number of amides is 1. The van der Waals surface area contributed by atoms with Crippen molar-refractivity contribution in [2.75, 3.05) is 25.5 Å². The van der Waals surface area contributed by atoms with Crippen LogP contribution in [0.3, 0.4) is 0 Å². The smallest absolute Gasteiger partial charge is 0.270 e. The van der Waals surface area contributed by atoms with E-state index in [2.05, 4.69) is 48.2 Å². The Morgan fingerprint density at radius 1 is 1.25 bits per heavy atom. The number of nitrogens with one attached hydrogen (secondary N) is 2. The SMILES string of the molecule is CNc1cccc(C(=O)NCCN(C(C)C)C(C)C)n1. The minimum atomic E-state index is -0.130. The lowest BCUT2D eigenvalue weighted by molar-refractivity contribution is 0.0934. The van der Waals surface area contributed by atoms with Gasteiger partial charge in [0, 0.05) is 32.2 Å². The van der Waals surface area contributed by atoms with E-state index in [1.165, 1.54) is 0 Å². The lowest BCUT2D eigenvalue weighted by atomic mass is 10.2. The topological polar surface area (TPSA) is 57.3 Å². The van der Waals surface area contributed by atoms with Crippen LogP contribution in [-0.2, 0) is 0 Å². The summed E-state index contributed by atoms with van der Waals surface area (Å²) < 4.78 is 0. The van der Waals surface area contributed by atoms with Crippen LogP contribution in [0.4, 0.5) is 5.82 Å². The van der Waals surface area contributed by atoms with E-state index in [0.717, 1.165) is 6.54 Å². The van der Waals surface area contributed by atoms with E-state index in [0.29, 0.717) is 30.1 Å². The number of anilines is 1. The zero-order valence-electron chi connectivity index (χ0n) is 13.1. The molecule has 112 valence electrons. The fraction of sp³-hybridized carbons (Fsp3) is 0.600. The number of pyridine rings is 1. The van der Waals surface area contributed by atoms with Gasteiger partial charge in [0.1, 0.15) is 11.5 Å². The first kappa shape index (κ1) is 16.4. The van der Waals surface area contributed by atoms with Crippen LogP contribution in [-0.4, -0.2) is 48.0 Å². The molecule has 1 aromatic heterocycles. The number of rotatable bonds is 7. The predicted molar refractivity (Wildman–Crippen MR) is 83.1 cm³/mol. The van der Waals surface area contributed by atoms with Crippen molar-refractivity contribution in [3.8, 4) is 0 Å². The molecule has 0 radical (unpaired) electrons. The van der Waals surface area contributed by atoms with Crippen molar-refractivity contribution in [1.82, 2.24) is 15.2 Å². The predicted octanol–water partition coefficient (Wildman–Crippen LogP) is 1.97. The molecule has 1 rings (SSSR count). The molecule has 0 aliphatic rings. The van der Waals surface area contributed by atoms with Crippen LogP contribution in [0.1, 0.15) is 38.2 Å². The molecule has 2 N–H and O–H groups in total. The maximum absolute atomic E-state index is 12.0. The van der Waals surface area contributed by atoms with Gasteiger partial charge in [-0.3, -0.25) is 9.69 Å². The molecule has 0 bridgehead atoms. The Morgan fingerprint density at radius 3 is 2.45 bits per heavy atom. The first-order chi connectivity index (χ1) is 9.45. The number of carbonyl (C=O) groups excluding carboxylic acids is 1. The number of nitrogens with zero attached hydrogens (tertiary/aromatic N) is 2. The van der Waals surface area contributed by atoms with Crippen LogP contribution in [0.15, 0.2) is 18.2 Å². The molecule has 0 spiro atoms. The number of hydrogen-bond donors (Lipinski definition) is 2. The van der Waals surface area contributed by atoms with Gasteiger partial charge in [-0.05, 0) is 39.8 Å². The Labute approximate surface area is 121 Å². The summed E-state index contributed by atoms with van der Waals surface area (Å²) in [5.74, 6) is 0.568. The summed E-state index contributed by atoms with van der Waals surface area (Å²) in [6.45, 7) is 10.1. The third kappa shape index (κ3) is 4.81. The van der Waals surface area contributed by atoms with E-state index in [1.807, 2.05) is 12.1 Å². The molecular formula is C15H26N4O. The number of aromatic nitrogens is 1. The Bertz CT molecular complexity index is 424. The van der Waals surface area contributed by atoms with Crippen LogP contribution in [0.5, 0.6) is 0 Å². The van der Waals surface area contributed by atoms with Crippen LogP contribution in [0.2, 0.25) is 0 Å². The molecule has 0 saturated carbocycles. The molecule has 0 aliphatic carbocycles. The van der Waals surface area contributed by atoms with Crippen LogP contribution >= 0.6 is 0 Å². The zero-order valence-corrected chi connectivity index (χ0v) is 13.1. The average molecular weight is 278 g/mol. The summed E-state index contributed by atoms with van der Waals surface area (Å²) in [4.78, 5) is 18.6. The van der Waals surface area contributed by atoms with E-state index in [9.17, 15) is 4.79 Å². The minimum absolute atomic E-state index is 0.130. The highest BCUT2D eigenvalue weighted by Crippen LogP contribution is 2.05. The van der Waals surface area contributed by atoms with Crippen molar-refractivity contribution >= 4 is 11.7 Å². The third-order valence-corrected chi connectivity index (χ3v) is 3.22. The summed E-state index contributed by atoms with van der Waals surface area (Å²) in [7, 11) is 1.78. The quantitative estimate of drug-likeness (QED) is 0.800. The fourth-order valence-corrected chi connectivity index (χ4v) is 2.20. The van der Waals surface area contributed by atoms with E-state index < -0.39 is 0 Å². The van der Waals surface area contributed by atoms with Crippen molar-refractivity contribution in [3.05, 3.63) is 23.9 Å². The van der Waals surface area contributed by atoms with Gasteiger partial charge >= 0.3 is 0 Å². The summed E-state index contributed by atoms with van der Waals surface area (Å²) in [5, 5.41) is 5.85. The van der Waals surface area contributed by atoms with Crippen molar-refractivity contribution in [1.29, 1.82) is 0 Å². The van der Waals surface area contributed by atoms with Gasteiger partial charge in [-0.2, -0.15) is 0 Å². The molecule has 0 aliphatic heterocycles. The Balaban J connectivity index is 2.50. The van der Waals surface area contributed by atoms with Gasteiger partial charge in [0.15, 0.2) is 0 Å². The van der Waals surface area contributed by atoms with Gasteiger partial charge < -0.3 is 10.6 Å². The molecule has 5 heteroatoms. The van der Waals surface area contributed by atoms with Crippen molar-refractivity contribution in [2.45, 2.75) is 39.8 Å². The van der Waals surface area contributed by atoms with Crippen LogP contribution in [0, 0.1) is 0 Å². The Kier molecular flexibility index (Phi) is 6.45. The first-order valence-electron chi connectivity index (χ1n) is 7.14.